The van der Waals surface area contributed by atoms with Gasteiger partial charge in [0.05, 0.1) is 5.69 Å². The Morgan fingerprint density at radius 2 is 1.89 bits per heavy atom. The summed E-state index contributed by atoms with van der Waals surface area (Å²) >= 11 is 0. The van der Waals surface area contributed by atoms with Crippen LogP contribution in [0.5, 0.6) is 5.75 Å². The van der Waals surface area contributed by atoms with Crippen molar-refractivity contribution >= 4 is 17.3 Å². The molecule has 0 heterocycles. The number of amides is 1. The Bertz CT molecular complexity index is 547. The van der Waals surface area contributed by atoms with E-state index in [2.05, 4.69) is 5.32 Å². The summed E-state index contributed by atoms with van der Waals surface area (Å²) in [5.41, 5.74) is 7.99. The summed E-state index contributed by atoms with van der Waals surface area (Å²) in [5, 5.41) is 2.75. The Hall–Kier alpha value is -2.49. The normalized spacial score (nSPS) is 9.95. The smallest absolute Gasteiger partial charge is 0.262 e. The van der Waals surface area contributed by atoms with E-state index in [1.54, 1.807) is 6.07 Å². The summed E-state index contributed by atoms with van der Waals surface area (Å²) in [6, 6.07) is 14.7. The molecule has 0 spiro atoms. The number of carbonyl (C=O) groups excluding carboxylic acids is 1. The van der Waals surface area contributed by atoms with E-state index in [1.807, 2.05) is 49.4 Å². The lowest BCUT2D eigenvalue weighted by Gasteiger charge is -2.11. The second-order valence-corrected chi connectivity index (χ2v) is 4.20. The molecule has 0 aliphatic rings. The van der Waals surface area contributed by atoms with Crippen LogP contribution in [0.2, 0.25) is 0 Å². The standard InChI is InChI=1S/C15H16N2O2/c1-11-6-5-9-13(16)15(11)19-10-14(18)17-12-7-3-2-4-8-12/h2-9H,10,16H2,1H3,(H,17,18). The number of anilines is 2. The van der Waals surface area contributed by atoms with Gasteiger partial charge in [-0.1, -0.05) is 30.3 Å². The number of nitrogen functional groups attached to an aromatic ring is 1. The van der Waals surface area contributed by atoms with Crippen LogP contribution in [0.1, 0.15) is 5.56 Å². The number of para-hydroxylation sites is 2. The lowest BCUT2D eigenvalue weighted by Crippen LogP contribution is -2.20. The van der Waals surface area contributed by atoms with Gasteiger partial charge >= 0.3 is 0 Å². The van der Waals surface area contributed by atoms with Crippen molar-refractivity contribution in [3.8, 4) is 5.75 Å². The predicted octanol–water partition coefficient (Wildman–Crippen LogP) is 2.59. The largest absolute Gasteiger partial charge is 0.481 e. The van der Waals surface area contributed by atoms with E-state index in [0.717, 1.165) is 11.3 Å². The van der Waals surface area contributed by atoms with Gasteiger partial charge in [0.15, 0.2) is 6.61 Å². The second-order valence-electron chi connectivity index (χ2n) is 4.20. The fourth-order valence-corrected chi connectivity index (χ4v) is 1.73. The predicted molar refractivity (Wildman–Crippen MR) is 76.2 cm³/mol. The highest BCUT2D eigenvalue weighted by molar-refractivity contribution is 5.91. The number of carbonyl (C=O) groups is 1. The number of aryl methyl sites for hydroxylation is 1. The van der Waals surface area contributed by atoms with Crippen LogP contribution in [-0.2, 0) is 4.79 Å². The highest BCUT2D eigenvalue weighted by atomic mass is 16.5. The SMILES string of the molecule is Cc1cccc(N)c1OCC(=O)Nc1ccccc1. The zero-order valence-corrected chi connectivity index (χ0v) is 10.7. The molecule has 2 aromatic carbocycles. The molecule has 19 heavy (non-hydrogen) atoms. The maximum absolute atomic E-state index is 11.7. The molecule has 2 rings (SSSR count). The van der Waals surface area contributed by atoms with Crippen molar-refractivity contribution in [3.05, 3.63) is 54.1 Å². The molecule has 0 radical (unpaired) electrons. The number of hydrogen-bond donors (Lipinski definition) is 2. The number of ether oxygens (including phenoxy) is 1. The van der Waals surface area contributed by atoms with Crippen molar-refractivity contribution in [1.82, 2.24) is 0 Å². The van der Waals surface area contributed by atoms with Crippen LogP contribution in [-0.4, -0.2) is 12.5 Å². The number of nitrogens with one attached hydrogen (secondary N) is 1. The Labute approximate surface area is 112 Å². The fraction of sp³-hybridized carbons (Fsp3) is 0.133. The molecular weight excluding hydrogens is 240 g/mol. The van der Waals surface area contributed by atoms with Crippen LogP contribution < -0.4 is 15.8 Å². The van der Waals surface area contributed by atoms with Gasteiger partial charge < -0.3 is 15.8 Å². The van der Waals surface area contributed by atoms with Crippen molar-refractivity contribution in [2.45, 2.75) is 6.92 Å². The number of rotatable bonds is 4. The minimum Gasteiger partial charge on any atom is -0.481 e. The van der Waals surface area contributed by atoms with Crippen molar-refractivity contribution < 1.29 is 9.53 Å². The molecule has 0 saturated heterocycles. The van der Waals surface area contributed by atoms with Gasteiger partial charge in [-0.05, 0) is 30.7 Å². The van der Waals surface area contributed by atoms with Crippen LogP contribution in [0.4, 0.5) is 11.4 Å². The molecule has 4 nitrogen and oxygen atoms in total. The van der Waals surface area contributed by atoms with Gasteiger partial charge in [-0.3, -0.25) is 4.79 Å². The molecule has 1 amide bonds. The highest BCUT2D eigenvalue weighted by Gasteiger charge is 2.07. The molecule has 4 heteroatoms. The summed E-state index contributed by atoms with van der Waals surface area (Å²) in [6.07, 6.45) is 0. The van der Waals surface area contributed by atoms with Gasteiger partial charge in [-0.25, -0.2) is 0 Å². The Morgan fingerprint density at radius 3 is 2.58 bits per heavy atom. The molecule has 0 saturated carbocycles. The molecule has 0 bridgehead atoms. The minimum atomic E-state index is -0.214. The third kappa shape index (κ3) is 3.48. The van der Waals surface area contributed by atoms with Crippen LogP contribution in [0.15, 0.2) is 48.5 Å². The van der Waals surface area contributed by atoms with Crippen molar-refractivity contribution in [1.29, 1.82) is 0 Å². The number of hydrogen-bond acceptors (Lipinski definition) is 3. The van der Waals surface area contributed by atoms with E-state index < -0.39 is 0 Å². The molecule has 3 N–H and O–H groups in total. The van der Waals surface area contributed by atoms with Crippen LogP contribution in [0, 0.1) is 6.92 Å². The lowest BCUT2D eigenvalue weighted by molar-refractivity contribution is -0.118. The average Bonchev–Trinajstić information content (AvgIpc) is 2.39. The van der Waals surface area contributed by atoms with Gasteiger partial charge in [0.25, 0.3) is 5.91 Å². The molecule has 0 aliphatic carbocycles. The summed E-state index contributed by atoms with van der Waals surface area (Å²) in [4.78, 5) is 11.7. The van der Waals surface area contributed by atoms with Crippen molar-refractivity contribution in [2.75, 3.05) is 17.7 Å². The van der Waals surface area contributed by atoms with Crippen molar-refractivity contribution in [2.24, 2.45) is 0 Å². The van der Waals surface area contributed by atoms with Gasteiger partial charge in [-0.15, -0.1) is 0 Å². The van der Waals surface area contributed by atoms with Gasteiger partial charge in [0.1, 0.15) is 5.75 Å². The maximum Gasteiger partial charge on any atom is 0.262 e. The first-order valence-corrected chi connectivity index (χ1v) is 5.99. The quantitative estimate of drug-likeness (QED) is 0.826. The first-order valence-electron chi connectivity index (χ1n) is 5.99. The first-order chi connectivity index (χ1) is 9.16. The third-order valence-corrected chi connectivity index (χ3v) is 2.65. The molecule has 0 fully saturated rings. The first kappa shape index (κ1) is 13.0. The summed E-state index contributed by atoms with van der Waals surface area (Å²) in [7, 11) is 0. The van der Waals surface area contributed by atoms with Crippen molar-refractivity contribution in [3.63, 3.8) is 0 Å². The molecule has 98 valence electrons. The van der Waals surface area contributed by atoms with E-state index >= 15 is 0 Å². The van der Waals surface area contributed by atoms with E-state index in [0.29, 0.717) is 11.4 Å². The van der Waals surface area contributed by atoms with Gasteiger partial charge in [-0.2, -0.15) is 0 Å². The lowest BCUT2D eigenvalue weighted by atomic mass is 10.2. The summed E-state index contributed by atoms with van der Waals surface area (Å²) in [6.45, 7) is 1.82. The summed E-state index contributed by atoms with van der Waals surface area (Å²) < 4.78 is 5.46. The maximum atomic E-state index is 11.7. The van der Waals surface area contributed by atoms with E-state index in [1.165, 1.54) is 0 Å². The third-order valence-electron chi connectivity index (χ3n) is 2.65. The van der Waals surface area contributed by atoms with Crippen LogP contribution >= 0.6 is 0 Å². The van der Waals surface area contributed by atoms with Gasteiger partial charge in [0, 0.05) is 5.69 Å². The van der Waals surface area contributed by atoms with Gasteiger partial charge in [0.2, 0.25) is 0 Å². The number of nitrogens with two attached hydrogens (primary N) is 1. The topological polar surface area (TPSA) is 64.3 Å². The van der Waals surface area contributed by atoms with E-state index in [-0.39, 0.29) is 12.5 Å². The molecule has 2 aromatic rings. The van der Waals surface area contributed by atoms with Crippen LogP contribution in [0.3, 0.4) is 0 Å². The molecule has 0 aromatic heterocycles. The number of benzene rings is 2. The monoisotopic (exact) mass is 256 g/mol. The minimum absolute atomic E-state index is 0.0655. The highest BCUT2D eigenvalue weighted by Crippen LogP contribution is 2.25. The van der Waals surface area contributed by atoms with E-state index in [9.17, 15) is 4.79 Å². The zero-order chi connectivity index (χ0) is 13.7. The Balaban J connectivity index is 1.94. The molecule has 0 unspecified atom stereocenters. The van der Waals surface area contributed by atoms with E-state index in [4.69, 9.17) is 10.5 Å². The zero-order valence-electron chi connectivity index (χ0n) is 10.7. The molecule has 0 aliphatic heterocycles. The molecular formula is C15H16N2O2. The average molecular weight is 256 g/mol. The molecule has 0 atom stereocenters. The Morgan fingerprint density at radius 1 is 1.16 bits per heavy atom. The summed E-state index contributed by atoms with van der Waals surface area (Å²) in [5.74, 6) is 0.347. The Kier molecular flexibility index (Phi) is 4.03. The second kappa shape index (κ2) is 5.91. The fourth-order valence-electron chi connectivity index (χ4n) is 1.73. The van der Waals surface area contributed by atoms with Crippen LogP contribution in [0.25, 0.3) is 0 Å².